The van der Waals surface area contributed by atoms with Crippen molar-refractivity contribution in [2.24, 2.45) is 5.84 Å². The molecule has 0 unspecified atom stereocenters. The Labute approximate surface area is 125 Å². The van der Waals surface area contributed by atoms with Crippen molar-refractivity contribution < 1.29 is 9.47 Å². The van der Waals surface area contributed by atoms with Gasteiger partial charge >= 0.3 is 0 Å². The summed E-state index contributed by atoms with van der Waals surface area (Å²) in [5, 5.41) is 0. The predicted molar refractivity (Wildman–Crippen MR) is 79.0 cm³/mol. The van der Waals surface area contributed by atoms with Crippen LogP contribution in [0.3, 0.4) is 0 Å². The largest absolute Gasteiger partial charge is 0.473 e. The molecular weight excluding hydrogens is 324 g/mol. The lowest BCUT2D eigenvalue weighted by Gasteiger charge is -2.09. The maximum absolute atomic E-state index is 5.64. The van der Waals surface area contributed by atoms with E-state index in [9.17, 15) is 0 Å². The fourth-order valence-corrected chi connectivity index (χ4v) is 1.82. The van der Waals surface area contributed by atoms with Crippen LogP contribution < -0.4 is 16.0 Å². The zero-order chi connectivity index (χ0) is 14.4. The maximum Gasteiger partial charge on any atom is 0.219 e. The number of anilines is 1. The Kier molecular flexibility index (Phi) is 5.28. The molecule has 20 heavy (non-hydrogen) atoms. The molecule has 0 atom stereocenters. The number of methoxy groups -OCH3 is 1. The van der Waals surface area contributed by atoms with Gasteiger partial charge in [0, 0.05) is 17.6 Å². The molecule has 1 aromatic carbocycles. The van der Waals surface area contributed by atoms with Gasteiger partial charge in [0.2, 0.25) is 5.88 Å². The number of halogens is 1. The number of ether oxygens (including phenoxy) is 2. The maximum atomic E-state index is 5.64. The van der Waals surface area contributed by atoms with Gasteiger partial charge < -0.3 is 14.9 Å². The fraction of sp³-hybridized carbons (Fsp3) is 0.231. The van der Waals surface area contributed by atoms with Gasteiger partial charge in [-0.1, -0.05) is 28.1 Å². The molecule has 7 heteroatoms. The highest BCUT2D eigenvalue weighted by Crippen LogP contribution is 2.16. The molecule has 6 nitrogen and oxygen atoms in total. The number of nitrogen functional groups attached to an aromatic ring is 1. The van der Waals surface area contributed by atoms with E-state index in [1.807, 2.05) is 24.3 Å². The van der Waals surface area contributed by atoms with Crippen LogP contribution in [-0.4, -0.2) is 17.1 Å². The molecule has 1 heterocycles. The van der Waals surface area contributed by atoms with Crippen LogP contribution in [0.4, 0.5) is 5.82 Å². The molecule has 0 aliphatic carbocycles. The average Bonchev–Trinajstić information content (AvgIpc) is 2.47. The van der Waals surface area contributed by atoms with Crippen molar-refractivity contribution in [1.29, 1.82) is 0 Å². The first-order valence-corrected chi connectivity index (χ1v) is 6.71. The van der Waals surface area contributed by atoms with Crippen molar-refractivity contribution in [3.63, 3.8) is 0 Å². The van der Waals surface area contributed by atoms with E-state index in [0.717, 1.165) is 10.0 Å². The summed E-state index contributed by atoms with van der Waals surface area (Å²) in [5.74, 6) is 6.81. The Bertz CT molecular complexity index is 563. The normalized spacial score (nSPS) is 10.3. The van der Waals surface area contributed by atoms with Crippen molar-refractivity contribution in [3.8, 4) is 5.88 Å². The number of hydrazine groups is 1. The van der Waals surface area contributed by atoms with Crippen LogP contribution in [-0.2, 0) is 18.0 Å². The third-order valence-corrected chi connectivity index (χ3v) is 3.00. The second-order valence-corrected chi connectivity index (χ2v) is 4.92. The van der Waals surface area contributed by atoms with Crippen LogP contribution in [0.1, 0.15) is 11.4 Å². The third-order valence-electron chi connectivity index (χ3n) is 2.47. The van der Waals surface area contributed by atoms with E-state index in [2.05, 4.69) is 31.3 Å². The van der Waals surface area contributed by atoms with Crippen LogP contribution in [0.5, 0.6) is 5.88 Å². The van der Waals surface area contributed by atoms with Gasteiger partial charge in [-0.3, -0.25) is 0 Å². The molecule has 3 N–H and O–H groups in total. The first kappa shape index (κ1) is 14.7. The van der Waals surface area contributed by atoms with Crippen molar-refractivity contribution >= 4 is 21.7 Å². The predicted octanol–water partition coefficient (Wildman–Crippen LogP) is 2.25. The zero-order valence-electron chi connectivity index (χ0n) is 11.0. The molecule has 0 saturated carbocycles. The van der Waals surface area contributed by atoms with Gasteiger partial charge in [-0.25, -0.2) is 10.8 Å². The lowest BCUT2D eigenvalue weighted by atomic mass is 10.2. The summed E-state index contributed by atoms with van der Waals surface area (Å²) in [7, 11) is 1.58. The quantitative estimate of drug-likeness (QED) is 0.621. The number of nitrogens with one attached hydrogen (secondary N) is 1. The van der Waals surface area contributed by atoms with Crippen molar-refractivity contribution in [1.82, 2.24) is 9.97 Å². The first-order valence-electron chi connectivity index (χ1n) is 5.92. The summed E-state index contributed by atoms with van der Waals surface area (Å²) in [6.45, 7) is 0.713. The molecule has 0 amide bonds. The van der Waals surface area contributed by atoms with Gasteiger partial charge in [0.25, 0.3) is 0 Å². The van der Waals surface area contributed by atoms with Gasteiger partial charge in [0.15, 0.2) is 5.82 Å². The summed E-state index contributed by atoms with van der Waals surface area (Å²) >= 11 is 3.39. The third kappa shape index (κ3) is 4.16. The topological polar surface area (TPSA) is 82.3 Å². The van der Waals surface area contributed by atoms with E-state index in [-0.39, 0.29) is 0 Å². The summed E-state index contributed by atoms with van der Waals surface area (Å²) < 4.78 is 11.7. The summed E-state index contributed by atoms with van der Waals surface area (Å²) in [4.78, 5) is 8.39. The second-order valence-electron chi connectivity index (χ2n) is 4.00. The first-order chi connectivity index (χ1) is 9.71. The van der Waals surface area contributed by atoms with Crippen LogP contribution in [0.15, 0.2) is 34.8 Å². The smallest absolute Gasteiger partial charge is 0.219 e. The highest BCUT2D eigenvalue weighted by Gasteiger charge is 2.05. The molecule has 0 saturated heterocycles. The van der Waals surface area contributed by atoms with E-state index in [4.69, 9.17) is 15.3 Å². The lowest BCUT2D eigenvalue weighted by molar-refractivity contribution is 0.176. The molecule has 106 valence electrons. The standard InChI is InChI=1S/C13H15BrN4O2/c1-19-8-12-16-11(18-15)6-13(17-12)20-7-9-2-4-10(14)5-3-9/h2-6H,7-8,15H2,1H3,(H,16,17,18). The van der Waals surface area contributed by atoms with Crippen molar-refractivity contribution in [2.45, 2.75) is 13.2 Å². The van der Waals surface area contributed by atoms with E-state index < -0.39 is 0 Å². The minimum atomic E-state index is 0.296. The van der Waals surface area contributed by atoms with Gasteiger partial charge in [0.1, 0.15) is 19.0 Å². The molecule has 0 aliphatic rings. The van der Waals surface area contributed by atoms with Crippen LogP contribution in [0.25, 0.3) is 0 Å². The summed E-state index contributed by atoms with van der Waals surface area (Å²) in [5.41, 5.74) is 3.52. The Morgan fingerprint density at radius 1 is 1.20 bits per heavy atom. The molecule has 0 radical (unpaired) electrons. The molecule has 0 spiro atoms. The fourth-order valence-electron chi connectivity index (χ4n) is 1.55. The number of nitrogens with two attached hydrogens (primary N) is 1. The minimum absolute atomic E-state index is 0.296. The van der Waals surface area contributed by atoms with Crippen LogP contribution in [0.2, 0.25) is 0 Å². The highest BCUT2D eigenvalue weighted by molar-refractivity contribution is 9.10. The molecule has 2 rings (SSSR count). The Balaban J connectivity index is 2.07. The van der Waals surface area contributed by atoms with Crippen molar-refractivity contribution in [2.75, 3.05) is 12.5 Å². The number of rotatable bonds is 6. The molecular formula is C13H15BrN4O2. The number of benzene rings is 1. The second kappa shape index (κ2) is 7.18. The zero-order valence-corrected chi connectivity index (χ0v) is 12.6. The SMILES string of the molecule is COCc1nc(NN)cc(OCc2ccc(Br)cc2)n1. The van der Waals surface area contributed by atoms with Crippen LogP contribution >= 0.6 is 15.9 Å². The van der Waals surface area contributed by atoms with Gasteiger partial charge in [-0.05, 0) is 17.7 Å². The van der Waals surface area contributed by atoms with E-state index in [1.54, 1.807) is 13.2 Å². The summed E-state index contributed by atoms with van der Waals surface area (Å²) in [6.07, 6.45) is 0. The minimum Gasteiger partial charge on any atom is -0.473 e. The van der Waals surface area contributed by atoms with Gasteiger partial charge in [-0.2, -0.15) is 4.98 Å². The number of hydrogen-bond acceptors (Lipinski definition) is 6. The van der Waals surface area contributed by atoms with Crippen molar-refractivity contribution in [3.05, 3.63) is 46.2 Å². The molecule has 2 aromatic rings. The Morgan fingerprint density at radius 3 is 2.60 bits per heavy atom. The number of nitrogens with zero attached hydrogens (tertiary/aromatic N) is 2. The molecule has 0 fully saturated rings. The number of hydrogen-bond donors (Lipinski definition) is 2. The number of aromatic nitrogens is 2. The summed E-state index contributed by atoms with van der Waals surface area (Å²) in [6, 6.07) is 9.51. The van der Waals surface area contributed by atoms with E-state index >= 15 is 0 Å². The van der Waals surface area contributed by atoms with Crippen LogP contribution in [0, 0.1) is 0 Å². The Morgan fingerprint density at radius 2 is 1.95 bits per heavy atom. The molecule has 0 bridgehead atoms. The van der Waals surface area contributed by atoms with E-state index in [1.165, 1.54) is 0 Å². The van der Waals surface area contributed by atoms with Gasteiger partial charge in [-0.15, -0.1) is 0 Å². The monoisotopic (exact) mass is 338 g/mol. The molecule has 0 aliphatic heterocycles. The van der Waals surface area contributed by atoms with Gasteiger partial charge in [0.05, 0.1) is 0 Å². The Hall–Kier alpha value is -1.70. The van der Waals surface area contributed by atoms with E-state index in [0.29, 0.717) is 30.7 Å². The average molecular weight is 339 g/mol. The lowest BCUT2D eigenvalue weighted by Crippen LogP contribution is -2.11. The highest BCUT2D eigenvalue weighted by atomic mass is 79.9. The molecule has 1 aromatic heterocycles.